The lowest BCUT2D eigenvalue weighted by Gasteiger charge is -2.35. The highest BCUT2D eigenvalue weighted by Crippen LogP contribution is 2.37. The highest BCUT2D eigenvalue weighted by Gasteiger charge is 2.44. The molecule has 394 valence electrons. The number of thiazole rings is 1. The largest absolute Gasteiger partial charge is 0.496 e. The molecule has 8 rings (SSSR count). The van der Waals surface area contributed by atoms with Gasteiger partial charge in [0.15, 0.2) is 0 Å². The number of hydrogen-bond acceptors (Lipinski definition) is 11. The molecule has 2 aliphatic heterocycles. The number of methoxy groups -OCH3 is 1. The summed E-state index contributed by atoms with van der Waals surface area (Å²) in [5.74, 6) is 0.949. The van der Waals surface area contributed by atoms with E-state index in [2.05, 4.69) is 55.2 Å². The molecule has 0 radical (unpaired) electrons. The Morgan fingerprint density at radius 3 is 2.35 bits per heavy atom. The number of nitrogens with one attached hydrogen (secondary N) is 4. The zero-order chi connectivity index (χ0) is 52.5. The molecule has 5 amide bonds. The first-order valence-electron chi connectivity index (χ1n) is 26.2. The predicted molar refractivity (Wildman–Crippen MR) is 285 cm³/mol. The smallest absolute Gasteiger partial charge is 0.252 e. The second kappa shape index (κ2) is 24.2. The van der Waals surface area contributed by atoms with Crippen molar-refractivity contribution in [2.75, 3.05) is 26.8 Å². The van der Waals surface area contributed by atoms with Gasteiger partial charge in [0.1, 0.15) is 29.4 Å². The number of aliphatic hydroxyl groups excluding tert-OH is 1. The quantitative estimate of drug-likeness (QED) is 0.0427. The molecule has 0 spiro atoms. The summed E-state index contributed by atoms with van der Waals surface area (Å²) in [4.78, 5) is 78.8. The number of carbonyl (C=O) groups excluding carboxylic acids is 5. The maximum atomic E-state index is 14.0. The number of imidazole rings is 1. The van der Waals surface area contributed by atoms with Gasteiger partial charge in [-0.1, -0.05) is 70.0 Å². The molecule has 1 saturated heterocycles. The summed E-state index contributed by atoms with van der Waals surface area (Å²) in [6.07, 6.45) is 9.10. The van der Waals surface area contributed by atoms with E-state index in [-0.39, 0.29) is 55.6 Å². The standard InChI is InChI=1S/C57H72N8O8S/c1-35-47(72-6)28-41(54(69)62-44-23-22-38-20-21-40(27-43(38)44)45-33-64-25-11-13-49(64)61-45)29-48(35)73-26-12-24-58-50(67)14-9-7-8-10-15-51(68)63-53(57(3,4)5)56(71)65-32-42(66)30-46(65)55(70)59-31-37-16-18-39(19-17-37)52-36(2)60-34-74-52/h16-21,27-29,33-34,42,44,46,53,66H,7-15,22-26,30-32H2,1-6H3,(H,58,67)(H,59,70)(H,62,69)(H,63,68)/t42-,44-,46+,53-/m1/s1. The Bertz CT molecular complexity index is 2790. The maximum Gasteiger partial charge on any atom is 0.252 e. The first-order valence-corrected chi connectivity index (χ1v) is 27.1. The van der Waals surface area contributed by atoms with Gasteiger partial charge < -0.3 is 45.3 Å². The predicted octanol–water partition coefficient (Wildman–Crippen LogP) is 7.70. The number of hydrogen-bond donors (Lipinski definition) is 5. The van der Waals surface area contributed by atoms with Crippen molar-refractivity contribution >= 4 is 40.9 Å². The number of fused-ring (bicyclic) bond motifs is 2. The van der Waals surface area contributed by atoms with Crippen molar-refractivity contribution in [1.29, 1.82) is 0 Å². The number of β-amino-alcohol motifs (C(OH)–C–C–N with tert-alkyl or cyclic N) is 1. The first kappa shape index (κ1) is 53.7. The number of carbonyl (C=O) groups is 5. The Kier molecular flexibility index (Phi) is 17.5. The molecule has 1 aliphatic carbocycles. The Labute approximate surface area is 438 Å². The van der Waals surface area contributed by atoms with Crippen LogP contribution in [0.3, 0.4) is 0 Å². The molecule has 0 unspecified atom stereocenters. The van der Waals surface area contributed by atoms with Crippen LogP contribution in [0.25, 0.3) is 21.7 Å². The van der Waals surface area contributed by atoms with Gasteiger partial charge in [0.05, 0.1) is 47.6 Å². The highest BCUT2D eigenvalue weighted by molar-refractivity contribution is 7.13. The molecule has 4 heterocycles. The van der Waals surface area contributed by atoms with Crippen LogP contribution in [0.15, 0.2) is 66.3 Å². The van der Waals surface area contributed by atoms with Crippen molar-refractivity contribution in [1.82, 2.24) is 40.7 Å². The summed E-state index contributed by atoms with van der Waals surface area (Å²) in [6.45, 7) is 11.5. The average molecular weight is 1030 g/mol. The number of aryl methyl sites for hydroxylation is 4. The Hall–Kier alpha value is -6.59. The summed E-state index contributed by atoms with van der Waals surface area (Å²) < 4.78 is 14.0. The van der Waals surface area contributed by atoms with Gasteiger partial charge in [-0.2, -0.15) is 0 Å². The Balaban J connectivity index is 0.718. The number of aliphatic hydroxyl groups is 1. The number of unbranched alkanes of at least 4 members (excludes halogenated alkanes) is 3. The van der Waals surface area contributed by atoms with Gasteiger partial charge in [-0.05, 0) is 98.2 Å². The summed E-state index contributed by atoms with van der Waals surface area (Å²) in [5, 5.41) is 22.7. The van der Waals surface area contributed by atoms with Gasteiger partial charge in [-0.3, -0.25) is 24.0 Å². The van der Waals surface area contributed by atoms with Crippen LogP contribution < -0.4 is 30.7 Å². The lowest BCUT2D eigenvalue weighted by atomic mass is 9.85. The number of aromatic nitrogens is 3. The van der Waals surface area contributed by atoms with Crippen LogP contribution in [0.2, 0.25) is 0 Å². The summed E-state index contributed by atoms with van der Waals surface area (Å²) in [5.41, 5.74) is 9.70. The molecule has 2 aromatic heterocycles. The van der Waals surface area contributed by atoms with Crippen LogP contribution in [0.1, 0.15) is 135 Å². The van der Waals surface area contributed by atoms with E-state index in [1.807, 2.05) is 64.4 Å². The number of nitrogens with zero attached hydrogens (tertiary/aromatic N) is 4. The second-order valence-corrected chi connectivity index (χ2v) is 21.9. The SMILES string of the molecule is COc1cc(C(=O)N[C@@H]2CCc3ccc(-c4cn5c(n4)CCC5)cc32)cc(OCCCNC(=O)CCCCCCC(=O)N[C@H](C(=O)N2C[C@H](O)C[C@H]2C(=O)NCc2ccc(-c3scnc3C)cc2)C(C)(C)C)c1C. The first-order chi connectivity index (χ1) is 35.6. The minimum Gasteiger partial charge on any atom is -0.496 e. The molecular formula is C57H72N8O8S. The Morgan fingerprint density at radius 2 is 1.64 bits per heavy atom. The van der Waals surface area contributed by atoms with Crippen LogP contribution in [0.4, 0.5) is 0 Å². The third-order valence-corrected chi connectivity index (χ3v) is 15.4. The summed E-state index contributed by atoms with van der Waals surface area (Å²) >= 11 is 1.57. The van der Waals surface area contributed by atoms with Crippen molar-refractivity contribution in [3.05, 3.63) is 106 Å². The molecule has 3 aromatic carbocycles. The maximum absolute atomic E-state index is 14.0. The van der Waals surface area contributed by atoms with Crippen LogP contribution in [-0.4, -0.2) is 99.1 Å². The monoisotopic (exact) mass is 1030 g/mol. The topological polar surface area (TPSA) is 206 Å². The molecule has 3 aliphatic rings. The fourth-order valence-electron chi connectivity index (χ4n) is 10.2. The van der Waals surface area contributed by atoms with Gasteiger partial charge >= 0.3 is 0 Å². The third-order valence-electron chi connectivity index (χ3n) is 14.4. The highest BCUT2D eigenvalue weighted by atomic mass is 32.1. The average Bonchev–Trinajstić information content (AvgIpc) is 4.24. The number of benzene rings is 3. The van der Waals surface area contributed by atoms with Gasteiger partial charge in [0, 0.05) is 74.7 Å². The Morgan fingerprint density at radius 1 is 0.892 bits per heavy atom. The summed E-state index contributed by atoms with van der Waals surface area (Å²) in [7, 11) is 1.57. The normalized spacial score (nSPS) is 17.3. The van der Waals surface area contributed by atoms with Crippen molar-refractivity contribution in [2.45, 2.75) is 149 Å². The molecule has 1 fully saturated rings. The van der Waals surface area contributed by atoms with Crippen LogP contribution in [0.5, 0.6) is 11.5 Å². The minimum atomic E-state index is -0.902. The zero-order valence-corrected chi connectivity index (χ0v) is 44.5. The molecule has 17 heteroatoms. The van der Waals surface area contributed by atoms with E-state index in [1.54, 1.807) is 30.6 Å². The molecule has 0 bridgehead atoms. The molecule has 4 atom stereocenters. The lowest BCUT2D eigenvalue weighted by Crippen LogP contribution is -2.57. The van der Waals surface area contributed by atoms with Crippen LogP contribution in [-0.2, 0) is 45.1 Å². The third kappa shape index (κ3) is 13.2. The fourth-order valence-corrected chi connectivity index (χ4v) is 11.0. The zero-order valence-electron chi connectivity index (χ0n) is 43.7. The van der Waals surface area contributed by atoms with Crippen molar-refractivity contribution in [2.24, 2.45) is 5.41 Å². The number of amides is 5. The molecule has 74 heavy (non-hydrogen) atoms. The van der Waals surface area contributed by atoms with Crippen molar-refractivity contribution in [3.63, 3.8) is 0 Å². The number of likely N-dealkylation sites (tertiary alicyclic amines) is 1. The van der Waals surface area contributed by atoms with Gasteiger partial charge in [0.25, 0.3) is 5.91 Å². The molecule has 5 aromatic rings. The van der Waals surface area contributed by atoms with Gasteiger partial charge in [-0.25, -0.2) is 9.97 Å². The van der Waals surface area contributed by atoms with E-state index < -0.39 is 29.5 Å². The van der Waals surface area contributed by atoms with Crippen molar-refractivity contribution in [3.8, 4) is 33.2 Å². The van der Waals surface area contributed by atoms with E-state index in [0.29, 0.717) is 55.9 Å². The number of rotatable bonds is 22. The van der Waals surface area contributed by atoms with Gasteiger partial charge in [0.2, 0.25) is 23.6 Å². The molecule has 0 saturated carbocycles. The van der Waals surface area contributed by atoms with E-state index in [0.717, 1.165) is 95.0 Å². The van der Waals surface area contributed by atoms with E-state index >= 15 is 0 Å². The molecule has 16 nitrogen and oxygen atoms in total. The molecule has 5 N–H and O–H groups in total. The van der Waals surface area contributed by atoms with Crippen LogP contribution >= 0.6 is 11.3 Å². The van der Waals surface area contributed by atoms with Crippen LogP contribution in [0, 0.1) is 19.3 Å². The lowest BCUT2D eigenvalue weighted by molar-refractivity contribution is -0.144. The number of ether oxygens (including phenoxy) is 2. The van der Waals surface area contributed by atoms with E-state index in [4.69, 9.17) is 14.5 Å². The fraction of sp³-hybridized carbons (Fsp3) is 0.491. The van der Waals surface area contributed by atoms with Crippen molar-refractivity contribution < 1.29 is 38.6 Å². The second-order valence-electron chi connectivity index (χ2n) is 21.0. The summed E-state index contributed by atoms with van der Waals surface area (Å²) in [6, 6.07) is 16.0. The minimum absolute atomic E-state index is 0.00276. The van der Waals surface area contributed by atoms with Gasteiger partial charge in [-0.15, -0.1) is 11.3 Å². The van der Waals surface area contributed by atoms with E-state index in [1.165, 1.54) is 10.5 Å². The van der Waals surface area contributed by atoms with E-state index in [9.17, 15) is 29.1 Å². The molecular weight excluding hydrogens is 957 g/mol.